The zero-order valence-electron chi connectivity index (χ0n) is 14.3. The average Bonchev–Trinajstić information content (AvgIpc) is 2.94. The van der Waals surface area contributed by atoms with Gasteiger partial charge in [0.25, 0.3) is 5.91 Å². The number of benzene rings is 1. The molecule has 0 radical (unpaired) electrons. The van der Waals surface area contributed by atoms with Crippen LogP contribution < -0.4 is 15.8 Å². The van der Waals surface area contributed by atoms with Crippen LogP contribution >= 0.6 is 11.6 Å². The van der Waals surface area contributed by atoms with E-state index in [1.54, 1.807) is 6.92 Å². The molecule has 0 aliphatic carbocycles. The highest BCUT2D eigenvalue weighted by molar-refractivity contribution is 6.33. The number of aryl methyl sites for hydroxylation is 1. The van der Waals surface area contributed by atoms with E-state index >= 15 is 0 Å². The molecule has 0 atom stereocenters. The Morgan fingerprint density at radius 2 is 2.11 bits per heavy atom. The van der Waals surface area contributed by atoms with Crippen LogP contribution in [0.1, 0.15) is 16.1 Å². The van der Waals surface area contributed by atoms with Crippen LogP contribution in [0.5, 0.6) is 11.5 Å². The summed E-state index contributed by atoms with van der Waals surface area (Å²) in [6, 6.07) is 4.93. The smallest absolute Gasteiger partial charge is 0.259 e. The number of hydrogen-bond acceptors (Lipinski definition) is 6. The molecule has 2 heterocycles. The predicted octanol–water partition coefficient (Wildman–Crippen LogP) is 3.12. The molecule has 0 bridgehead atoms. The first-order chi connectivity index (χ1) is 12.8. The molecule has 0 aliphatic rings. The van der Waals surface area contributed by atoms with Crippen LogP contribution in [0.2, 0.25) is 5.15 Å². The second-order valence-corrected chi connectivity index (χ2v) is 6.00. The number of amides is 1. The number of H-pyrrole nitrogens is 1. The van der Waals surface area contributed by atoms with Crippen LogP contribution in [-0.4, -0.2) is 33.3 Å². The number of anilines is 2. The summed E-state index contributed by atoms with van der Waals surface area (Å²) in [4.78, 5) is 16.4. The fourth-order valence-corrected chi connectivity index (χ4v) is 2.68. The molecule has 3 aromatic rings. The summed E-state index contributed by atoms with van der Waals surface area (Å²) in [5, 5.41) is 19.2. The van der Waals surface area contributed by atoms with Gasteiger partial charge in [-0.2, -0.15) is 5.10 Å². The van der Waals surface area contributed by atoms with E-state index in [0.717, 1.165) is 12.1 Å². The van der Waals surface area contributed by atoms with Crippen molar-refractivity contribution in [1.29, 1.82) is 0 Å². The molecular formula is C17H15ClFN5O3. The average molecular weight is 392 g/mol. The van der Waals surface area contributed by atoms with Gasteiger partial charge in [0.15, 0.2) is 0 Å². The lowest BCUT2D eigenvalue weighted by molar-refractivity contribution is 0.102. The van der Waals surface area contributed by atoms with Crippen molar-refractivity contribution in [3.05, 3.63) is 46.5 Å². The molecule has 5 N–H and O–H groups in total. The normalized spacial score (nSPS) is 10.7. The van der Waals surface area contributed by atoms with E-state index in [2.05, 4.69) is 20.5 Å². The van der Waals surface area contributed by atoms with E-state index in [1.807, 2.05) is 0 Å². The zero-order valence-corrected chi connectivity index (χ0v) is 15.1. The molecule has 0 spiro atoms. The lowest BCUT2D eigenvalue weighted by Gasteiger charge is -2.11. The summed E-state index contributed by atoms with van der Waals surface area (Å²) < 4.78 is 19.7. The number of aromatic nitrogens is 3. The number of phenolic OH excluding ortho intramolecular Hbond substituents is 1. The number of nitrogens with zero attached hydrogens (tertiary/aromatic N) is 2. The molecule has 8 nitrogen and oxygen atoms in total. The number of halogens is 2. The van der Waals surface area contributed by atoms with Crippen molar-refractivity contribution in [2.24, 2.45) is 0 Å². The van der Waals surface area contributed by atoms with Crippen molar-refractivity contribution in [2.75, 3.05) is 18.2 Å². The molecule has 3 rings (SSSR count). The Morgan fingerprint density at radius 3 is 2.74 bits per heavy atom. The quantitative estimate of drug-likeness (QED) is 0.541. The van der Waals surface area contributed by atoms with Crippen molar-refractivity contribution in [1.82, 2.24) is 15.2 Å². The van der Waals surface area contributed by atoms with E-state index in [4.69, 9.17) is 22.1 Å². The molecule has 2 aromatic heterocycles. The number of ether oxygens (including phenoxy) is 1. The molecule has 0 aliphatic heterocycles. The Labute approximate surface area is 158 Å². The molecule has 0 saturated heterocycles. The van der Waals surface area contributed by atoms with Crippen molar-refractivity contribution < 1.29 is 19.0 Å². The van der Waals surface area contributed by atoms with Gasteiger partial charge in [-0.15, -0.1) is 0 Å². The maximum atomic E-state index is 14.6. The molecule has 0 unspecified atom stereocenters. The van der Waals surface area contributed by atoms with Crippen LogP contribution in [0.25, 0.3) is 11.3 Å². The van der Waals surface area contributed by atoms with Gasteiger partial charge in [0, 0.05) is 17.7 Å². The molecule has 140 valence electrons. The highest BCUT2D eigenvalue weighted by Gasteiger charge is 2.20. The summed E-state index contributed by atoms with van der Waals surface area (Å²) in [5.74, 6) is -1.46. The Morgan fingerprint density at radius 1 is 1.37 bits per heavy atom. The maximum Gasteiger partial charge on any atom is 0.259 e. The first-order valence-electron chi connectivity index (χ1n) is 7.66. The molecule has 0 saturated carbocycles. The molecule has 1 amide bonds. The highest BCUT2D eigenvalue weighted by Crippen LogP contribution is 2.32. The van der Waals surface area contributed by atoms with Crippen LogP contribution in [0.3, 0.4) is 0 Å². The maximum absolute atomic E-state index is 14.6. The second kappa shape index (κ2) is 7.12. The number of carbonyl (C=O) groups is 1. The van der Waals surface area contributed by atoms with Gasteiger partial charge in [0.2, 0.25) is 0 Å². The van der Waals surface area contributed by atoms with Gasteiger partial charge >= 0.3 is 0 Å². The monoisotopic (exact) mass is 391 g/mol. The fraction of sp³-hybridized carbons (Fsp3) is 0.118. The highest BCUT2D eigenvalue weighted by atomic mass is 35.5. The van der Waals surface area contributed by atoms with E-state index in [-0.39, 0.29) is 33.5 Å². The summed E-state index contributed by atoms with van der Waals surface area (Å²) >= 11 is 5.89. The number of nitrogens with two attached hydrogens (primary N) is 1. The Kier molecular flexibility index (Phi) is 4.87. The number of methoxy groups -OCH3 is 1. The number of aromatic hydroxyl groups is 1. The minimum Gasteiger partial charge on any atom is -0.507 e. The van der Waals surface area contributed by atoms with Gasteiger partial charge < -0.3 is 20.9 Å². The molecule has 27 heavy (non-hydrogen) atoms. The minimum absolute atomic E-state index is 0.0350. The molecule has 0 fully saturated rings. The standard InChI is InChI=1S/C17H15ClFN5O3/c1-7-15(16(18)24-23-7)22-17(26)10-5-11(19)9(6-13(10)25)12-3-8(27-2)4-14(20)21-12/h3-6,25H,1-2H3,(H2,20,21)(H,22,26)(H,23,24). The third-order valence-corrected chi connectivity index (χ3v) is 4.08. The summed E-state index contributed by atoms with van der Waals surface area (Å²) in [6.07, 6.45) is 0. The predicted molar refractivity (Wildman–Crippen MR) is 98.5 cm³/mol. The number of aromatic amines is 1. The Hall–Kier alpha value is -3.33. The number of phenols is 1. The Balaban J connectivity index is 1.98. The minimum atomic E-state index is -0.770. The third-order valence-electron chi connectivity index (χ3n) is 3.80. The summed E-state index contributed by atoms with van der Waals surface area (Å²) in [7, 11) is 1.43. The van der Waals surface area contributed by atoms with Crippen LogP contribution in [0, 0.1) is 12.7 Å². The zero-order chi connectivity index (χ0) is 19.7. The molecule has 1 aromatic carbocycles. The SMILES string of the molecule is COc1cc(N)nc(-c2cc(O)c(C(=O)Nc3c(C)n[nH]c3Cl)cc2F)c1. The number of nitrogens with one attached hydrogen (secondary N) is 2. The van der Waals surface area contributed by atoms with E-state index in [1.165, 1.54) is 19.2 Å². The van der Waals surface area contributed by atoms with Gasteiger partial charge in [-0.1, -0.05) is 11.6 Å². The first kappa shape index (κ1) is 18.5. The van der Waals surface area contributed by atoms with Gasteiger partial charge in [-0.3, -0.25) is 9.89 Å². The Bertz CT molecular complexity index is 1020. The van der Waals surface area contributed by atoms with Crippen molar-refractivity contribution in [3.8, 4) is 22.8 Å². The lowest BCUT2D eigenvalue weighted by atomic mass is 10.1. The third kappa shape index (κ3) is 3.63. The van der Waals surface area contributed by atoms with Crippen molar-refractivity contribution in [3.63, 3.8) is 0 Å². The molecular weight excluding hydrogens is 377 g/mol. The van der Waals surface area contributed by atoms with Crippen molar-refractivity contribution in [2.45, 2.75) is 6.92 Å². The molecule has 10 heteroatoms. The van der Waals surface area contributed by atoms with Crippen LogP contribution in [0.15, 0.2) is 24.3 Å². The second-order valence-electron chi connectivity index (χ2n) is 5.62. The number of rotatable bonds is 4. The van der Waals surface area contributed by atoms with Gasteiger partial charge in [0.1, 0.15) is 34.0 Å². The van der Waals surface area contributed by atoms with Crippen LogP contribution in [0.4, 0.5) is 15.9 Å². The van der Waals surface area contributed by atoms with Gasteiger partial charge in [-0.05, 0) is 19.1 Å². The van der Waals surface area contributed by atoms with E-state index in [9.17, 15) is 14.3 Å². The van der Waals surface area contributed by atoms with Crippen LogP contribution in [-0.2, 0) is 0 Å². The number of carbonyl (C=O) groups excluding carboxylic acids is 1. The topological polar surface area (TPSA) is 126 Å². The van der Waals surface area contributed by atoms with Gasteiger partial charge in [-0.25, -0.2) is 9.37 Å². The van der Waals surface area contributed by atoms with Gasteiger partial charge in [0.05, 0.1) is 24.1 Å². The number of pyridine rings is 1. The number of hydrogen-bond donors (Lipinski definition) is 4. The van der Waals surface area contributed by atoms with E-state index in [0.29, 0.717) is 11.4 Å². The largest absolute Gasteiger partial charge is 0.507 e. The first-order valence-corrected chi connectivity index (χ1v) is 8.04. The fourth-order valence-electron chi connectivity index (χ4n) is 2.45. The lowest BCUT2D eigenvalue weighted by Crippen LogP contribution is -2.13. The summed E-state index contributed by atoms with van der Waals surface area (Å²) in [6.45, 7) is 1.63. The van der Waals surface area contributed by atoms with E-state index < -0.39 is 17.5 Å². The summed E-state index contributed by atoms with van der Waals surface area (Å²) in [5.41, 5.74) is 6.21. The number of nitrogen functional groups attached to an aromatic ring is 1. The van der Waals surface area contributed by atoms with Crippen molar-refractivity contribution >= 4 is 29.0 Å².